The van der Waals surface area contributed by atoms with Gasteiger partial charge in [-0.05, 0) is 29.8 Å². The first-order valence-electron chi connectivity index (χ1n) is 6.41. The number of hydrogen-bond donors (Lipinski definition) is 1. The molecule has 2 aromatic carbocycles. The topological polar surface area (TPSA) is 56.0 Å². The van der Waals surface area contributed by atoms with E-state index >= 15 is 0 Å². The smallest absolute Gasteiger partial charge is 0.0743 e. The van der Waals surface area contributed by atoms with E-state index in [0.29, 0.717) is 16.3 Å². The van der Waals surface area contributed by atoms with E-state index in [4.69, 9.17) is 5.73 Å². The van der Waals surface area contributed by atoms with Gasteiger partial charge in [-0.25, -0.2) is 0 Å². The average Bonchev–Trinajstić information content (AvgIpc) is 2.47. The van der Waals surface area contributed by atoms with Gasteiger partial charge >= 0.3 is 0 Å². The quantitative estimate of drug-likeness (QED) is 0.720. The Bertz CT molecular complexity index is 830. The van der Waals surface area contributed by atoms with E-state index in [-0.39, 0.29) is 0 Å². The molecule has 5 heteroatoms. The SMILES string of the molecule is Nc1cc(Br)ccc1S(=O)Cc1cccc2cccnc12. The van der Waals surface area contributed by atoms with E-state index in [1.165, 1.54) is 0 Å². The Morgan fingerprint density at radius 2 is 1.95 bits per heavy atom. The fourth-order valence-corrected chi connectivity index (χ4v) is 3.82. The molecule has 0 radical (unpaired) electrons. The van der Waals surface area contributed by atoms with Gasteiger partial charge < -0.3 is 5.73 Å². The van der Waals surface area contributed by atoms with Crippen LogP contribution in [0.1, 0.15) is 5.56 Å². The zero-order valence-corrected chi connectivity index (χ0v) is 13.5. The minimum absolute atomic E-state index is 0.403. The van der Waals surface area contributed by atoms with Crippen molar-refractivity contribution in [1.29, 1.82) is 0 Å². The summed E-state index contributed by atoms with van der Waals surface area (Å²) in [5, 5.41) is 1.05. The van der Waals surface area contributed by atoms with Gasteiger partial charge in [-0.3, -0.25) is 9.19 Å². The minimum Gasteiger partial charge on any atom is -0.398 e. The van der Waals surface area contributed by atoms with Gasteiger partial charge in [0.1, 0.15) is 0 Å². The first-order chi connectivity index (χ1) is 10.1. The number of rotatable bonds is 3. The van der Waals surface area contributed by atoms with Crippen LogP contribution in [0.15, 0.2) is 64.1 Å². The van der Waals surface area contributed by atoms with Gasteiger partial charge in [0.2, 0.25) is 0 Å². The fourth-order valence-electron chi connectivity index (χ4n) is 2.23. The summed E-state index contributed by atoms with van der Waals surface area (Å²) in [5.74, 6) is 0.403. The van der Waals surface area contributed by atoms with Crippen LogP contribution >= 0.6 is 15.9 Å². The molecule has 106 valence electrons. The highest BCUT2D eigenvalue weighted by molar-refractivity contribution is 9.10. The Balaban J connectivity index is 1.97. The van der Waals surface area contributed by atoms with E-state index in [1.807, 2.05) is 36.4 Å². The van der Waals surface area contributed by atoms with Gasteiger partial charge in [-0.2, -0.15) is 0 Å². The van der Waals surface area contributed by atoms with Crippen molar-refractivity contribution in [1.82, 2.24) is 4.98 Å². The van der Waals surface area contributed by atoms with Crippen LogP contribution in [0, 0.1) is 0 Å². The van der Waals surface area contributed by atoms with Crippen LogP contribution in [0.2, 0.25) is 0 Å². The first-order valence-corrected chi connectivity index (χ1v) is 8.52. The summed E-state index contributed by atoms with van der Waals surface area (Å²) in [6, 6.07) is 15.2. The third-order valence-electron chi connectivity index (χ3n) is 3.22. The number of anilines is 1. The normalized spacial score (nSPS) is 12.4. The van der Waals surface area contributed by atoms with Crippen molar-refractivity contribution in [2.75, 3.05) is 5.73 Å². The maximum Gasteiger partial charge on any atom is 0.0743 e. The van der Waals surface area contributed by atoms with Gasteiger partial charge in [0.05, 0.1) is 27.0 Å². The number of benzene rings is 2. The maximum absolute atomic E-state index is 12.6. The minimum atomic E-state index is -1.20. The van der Waals surface area contributed by atoms with Crippen LogP contribution in [0.5, 0.6) is 0 Å². The number of halogens is 1. The fraction of sp³-hybridized carbons (Fsp3) is 0.0625. The predicted octanol–water partition coefficient (Wildman–Crippen LogP) is 3.89. The van der Waals surface area contributed by atoms with Gasteiger partial charge in [-0.1, -0.05) is 40.2 Å². The number of para-hydroxylation sites is 1. The molecule has 0 saturated carbocycles. The second-order valence-electron chi connectivity index (χ2n) is 4.66. The summed E-state index contributed by atoms with van der Waals surface area (Å²) >= 11 is 3.36. The van der Waals surface area contributed by atoms with Crippen LogP contribution in [0.4, 0.5) is 5.69 Å². The van der Waals surface area contributed by atoms with Crippen LogP contribution in [0.3, 0.4) is 0 Å². The number of nitrogen functional groups attached to an aromatic ring is 1. The second-order valence-corrected chi connectivity index (χ2v) is 7.00. The monoisotopic (exact) mass is 360 g/mol. The number of hydrogen-bond acceptors (Lipinski definition) is 3. The molecule has 1 unspecified atom stereocenters. The lowest BCUT2D eigenvalue weighted by Gasteiger charge is -2.08. The van der Waals surface area contributed by atoms with Crippen molar-refractivity contribution < 1.29 is 4.21 Å². The van der Waals surface area contributed by atoms with Crippen molar-refractivity contribution in [3.63, 3.8) is 0 Å². The number of nitrogens with two attached hydrogens (primary N) is 1. The number of aromatic nitrogens is 1. The van der Waals surface area contributed by atoms with Gasteiger partial charge in [-0.15, -0.1) is 0 Å². The predicted molar refractivity (Wildman–Crippen MR) is 90.4 cm³/mol. The van der Waals surface area contributed by atoms with Crippen molar-refractivity contribution in [3.05, 3.63) is 64.8 Å². The standard InChI is InChI=1S/C16H13BrN2OS/c17-13-6-7-15(14(18)9-13)21(20)10-12-4-1-3-11-5-2-8-19-16(11)12/h1-9H,10,18H2. The van der Waals surface area contributed by atoms with Crippen LogP contribution < -0.4 is 5.73 Å². The van der Waals surface area contributed by atoms with Crippen molar-refractivity contribution in [2.45, 2.75) is 10.6 Å². The molecule has 1 aromatic heterocycles. The average molecular weight is 361 g/mol. The third-order valence-corrected chi connectivity index (χ3v) is 5.15. The highest BCUT2D eigenvalue weighted by Gasteiger charge is 2.11. The Labute approximate surface area is 133 Å². The molecular weight excluding hydrogens is 348 g/mol. The summed E-state index contributed by atoms with van der Waals surface area (Å²) in [6.45, 7) is 0. The molecule has 0 amide bonds. The zero-order valence-electron chi connectivity index (χ0n) is 11.1. The van der Waals surface area contributed by atoms with Gasteiger partial charge in [0.15, 0.2) is 0 Å². The summed E-state index contributed by atoms with van der Waals surface area (Å²) in [6.07, 6.45) is 1.75. The largest absolute Gasteiger partial charge is 0.398 e. The second kappa shape index (κ2) is 5.95. The Hall–Kier alpha value is -1.72. The molecule has 0 spiro atoms. The van der Waals surface area contributed by atoms with E-state index in [9.17, 15) is 4.21 Å². The molecule has 1 atom stereocenters. The Kier molecular flexibility index (Phi) is 4.03. The lowest BCUT2D eigenvalue weighted by atomic mass is 10.1. The molecule has 2 N–H and O–H groups in total. The van der Waals surface area contributed by atoms with E-state index in [1.54, 1.807) is 18.3 Å². The molecule has 0 fully saturated rings. The lowest BCUT2D eigenvalue weighted by molar-refractivity contribution is 0.683. The molecule has 0 aliphatic rings. The van der Waals surface area contributed by atoms with Crippen molar-refractivity contribution in [3.8, 4) is 0 Å². The van der Waals surface area contributed by atoms with Crippen LogP contribution in [0.25, 0.3) is 10.9 Å². The van der Waals surface area contributed by atoms with Gasteiger partial charge in [0.25, 0.3) is 0 Å². The van der Waals surface area contributed by atoms with Crippen LogP contribution in [-0.2, 0) is 16.6 Å². The molecule has 3 rings (SSSR count). The summed E-state index contributed by atoms with van der Waals surface area (Å²) < 4.78 is 13.5. The molecule has 0 aliphatic carbocycles. The van der Waals surface area contributed by atoms with Gasteiger partial charge in [0, 0.05) is 21.7 Å². The Morgan fingerprint density at radius 3 is 2.76 bits per heavy atom. The lowest BCUT2D eigenvalue weighted by Crippen LogP contribution is -2.02. The molecule has 1 heterocycles. The van der Waals surface area contributed by atoms with E-state index in [2.05, 4.69) is 20.9 Å². The highest BCUT2D eigenvalue weighted by Crippen LogP contribution is 2.25. The number of fused-ring (bicyclic) bond motifs is 1. The van der Waals surface area contributed by atoms with Crippen LogP contribution in [-0.4, -0.2) is 9.19 Å². The molecule has 0 aliphatic heterocycles. The number of nitrogens with zero attached hydrogens (tertiary/aromatic N) is 1. The zero-order chi connectivity index (χ0) is 14.8. The number of pyridine rings is 1. The summed E-state index contributed by atoms with van der Waals surface area (Å²) in [7, 11) is -1.20. The molecule has 3 nitrogen and oxygen atoms in total. The van der Waals surface area contributed by atoms with Crippen molar-refractivity contribution >= 4 is 43.3 Å². The summed E-state index contributed by atoms with van der Waals surface area (Å²) in [4.78, 5) is 5.05. The third kappa shape index (κ3) is 2.99. The van der Waals surface area contributed by atoms with Crippen molar-refractivity contribution in [2.24, 2.45) is 0 Å². The molecule has 0 bridgehead atoms. The first kappa shape index (κ1) is 14.2. The molecular formula is C16H13BrN2OS. The Morgan fingerprint density at radius 1 is 1.14 bits per heavy atom. The molecule has 0 saturated heterocycles. The molecule has 21 heavy (non-hydrogen) atoms. The summed E-state index contributed by atoms with van der Waals surface area (Å²) in [5.41, 5.74) is 8.35. The maximum atomic E-state index is 12.6. The highest BCUT2D eigenvalue weighted by atomic mass is 79.9. The molecule has 3 aromatic rings. The van der Waals surface area contributed by atoms with E-state index < -0.39 is 10.8 Å². The van der Waals surface area contributed by atoms with E-state index in [0.717, 1.165) is 20.9 Å².